The minimum atomic E-state index is 0.193. The van der Waals surface area contributed by atoms with Gasteiger partial charge in [0.2, 0.25) is 5.91 Å². The minimum Gasteiger partial charge on any atom is -0.356 e. The summed E-state index contributed by atoms with van der Waals surface area (Å²) in [5.74, 6) is 0.416. The molecule has 4 heteroatoms. The van der Waals surface area contributed by atoms with Crippen LogP contribution in [-0.4, -0.2) is 51.1 Å². The highest BCUT2D eigenvalue weighted by molar-refractivity contribution is 5.78. The summed E-state index contributed by atoms with van der Waals surface area (Å²) in [4.78, 5) is 13.8. The second kappa shape index (κ2) is 6.80. The molecule has 88 valence electrons. The van der Waals surface area contributed by atoms with Gasteiger partial charge in [-0.3, -0.25) is 4.79 Å². The van der Waals surface area contributed by atoms with Crippen molar-refractivity contribution in [2.24, 2.45) is 5.92 Å². The molecule has 4 nitrogen and oxygen atoms in total. The van der Waals surface area contributed by atoms with Crippen LogP contribution < -0.4 is 10.6 Å². The summed E-state index contributed by atoms with van der Waals surface area (Å²) in [6.45, 7) is 3.74. The third-order valence-corrected chi connectivity index (χ3v) is 2.75. The summed E-state index contributed by atoms with van der Waals surface area (Å²) in [5.41, 5.74) is 0. The lowest BCUT2D eigenvalue weighted by Crippen LogP contribution is -2.41. The molecular weight excluding hydrogens is 190 g/mol. The molecule has 1 amide bonds. The van der Waals surface area contributed by atoms with Crippen LogP contribution in [0.5, 0.6) is 0 Å². The molecule has 0 aromatic rings. The van der Waals surface area contributed by atoms with Gasteiger partial charge >= 0.3 is 0 Å². The van der Waals surface area contributed by atoms with Gasteiger partial charge in [-0.05, 0) is 46.4 Å². The monoisotopic (exact) mass is 213 g/mol. The van der Waals surface area contributed by atoms with E-state index in [1.165, 1.54) is 0 Å². The molecule has 0 saturated carbocycles. The Hall–Kier alpha value is -0.610. The summed E-state index contributed by atoms with van der Waals surface area (Å²) in [7, 11) is 4.10. The van der Waals surface area contributed by atoms with Crippen LogP contribution >= 0.6 is 0 Å². The van der Waals surface area contributed by atoms with Gasteiger partial charge in [0, 0.05) is 13.1 Å². The van der Waals surface area contributed by atoms with Crippen molar-refractivity contribution in [2.45, 2.75) is 19.3 Å². The first-order valence-electron chi connectivity index (χ1n) is 5.83. The van der Waals surface area contributed by atoms with Crippen molar-refractivity contribution in [3.8, 4) is 0 Å². The van der Waals surface area contributed by atoms with Crippen molar-refractivity contribution in [3.63, 3.8) is 0 Å². The van der Waals surface area contributed by atoms with E-state index >= 15 is 0 Å². The first-order valence-corrected chi connectivity index (χ1v) is 5.83. The van der Waals surface area contributed by atoms with Crippen molar-refractivity contribution in [1.29, 1.82) is 0 Å². The molecule has 1 fully saturated rings. The van der Waals surface area contributed by atoms with Crippen molar-refractivity contribution >= 4 is 5.91 Å². The second-order valence-electron chi connectivity index (χ2n) is 4.49. The van der Waals surface area contributed by atoms with Crippen molar-refractivity contribution in [2.75, 3.05) is 40.3 Å². The molecule has 0 aromatic heterocycles. The van der Waals surface area contributed by atoms with Gasteiger partial charge in [-0.2, -0.15) is 0 Å². The Morgan fingerprint density at radius 1 is 1.53 bits per heavy atom. The zero-order chi connectivity index (χ0) is 11.1. The van der Waals surface area contributed by atoms with E-state index in [-0.39, 0.29) is 11.8 Å². The summed E-state index contributed by atoms with van der Waals surface area (Å²) in [5, 5.41) is 6.26. The van der Waals surface area contributed by atoms with Crippen LogP contribution in [0.1, 0.15) is 19.3 Å². The lowest BCUT2D eigenvalue weighted by atomic mass is 9.99. The van der Waals surface area contributed by atoms with E-state index in [2.05, 4.69) is 15.5 Å². The predicted octanol–water partition coefficient (Wildman–Crippen LogP) is 0.0539. The molecule has 1 aliphatic rings. The Bertz CT molecular complexity index is 188. The van der Waals surface area contributed by atoms with Gasteiger partial charge < -0.3 is 15.5 Å². The number of amides is 1. The molecule has 0 radical (unpaired) electrons. The average Bonchev–Trinajstić information content (AvgIpc) is 2.25. The number of carbonyl (C=O) groups excluding carboxylic acids is 1. The number of hydrogen-bond donors (Lipinski definition) is 2. The normalized spacial score (nSPS) is 21.7. The summed E-state index contributed by atoms with van der Waals surface area (Å²) >= 11 is 0. The van der Waals surface area contributed by atoms with Crippen LogP contribution in [0.15, 0.2) is 0 Å². The maximum Gasteiger partial charge on any atom is 0.224 e. The van der Waals surface area contributed by atoms with Crippen molar-refractivity contribution in [1.82, 2.24) is 15.5 Å². The second-order valence-corrected chi connectivity index (χ2v) is 4.49. The summed E-state index contributed by atoms with van der Waals surface area (Å²) in [6, 6.07) is 0. The van der Waals surface area contributed by atoms with Gasteiger partial charge in [-0.25, -0.2) is 0 Å². The highest BCUT2D eigenvalue weighted by Gasteiger charge is 2.19. The molecule has 0 aromatic carbocycles. The number of nitrogens with zero attached hydrogens (tertiary/aromatic N) is 1. The largest absolute Gasteiger partial charge is 0.356 e. The van der Waals surface area contributed by atoms with Crippen LogP contribution in [-0.2, 0) is 4.79 Å². The van der Waals surface area contributed by atoms with Gasteiger partial charge in [-0.15, -0.1) is 0 Å². The maximum atomic E-state index is 11.7. The van der Waals surface area contributed by atoms with E-state index < -0.39 is 0 Å². The topological polar surface area (TPSA) is 44.4 Å². The van der Waals surface area contributed by atoms with Crippen LogP contribution in [0.2, 0.25) is 0 Å². The van der Waals surface area contributed by atoms with Crippen LogP contribution in [0.4, 0.5) is 0 Å². The Labute approximate surface area is 92.4 Å². The highest BCUT2D eigenvalue weighted by atomic mass is 16.1. The summed E-state index contributed by atoms with van der Waals surface area (Å²) < 4.78 is 0. The SMILES string of the molecule is CN(C)CCCNC(=O)[C@H]1CCCNC1. The van der Waals surface area contributed by atoms with Crippen molar-refractivity contribution in [3.05, 3.63) is 0 Å². The molecule has 1 heterocycles. The van der Waals surface area contributed by atoms with E-state index in [0.29, 0.717) is 0 Å². The quantitative estimate of drug-likeness (QED) is 0.635. The van der Waals surface area contributed by atoms with E-state index in [4.69, 9.17) is 0 Å². The Balaban J connectivity index is 2.07. The summed E-state index contributed by atoms with van der Waals surface area (Å²) in [6.07, 6.45) is 3.18. The van der Waals surface area contributed by atoms with Gasteiger partial charge in [0.05, 0.1) is 5.92 Å². The number of nitrogens with one attached hydrogen (secondary N) is 2. The fourth-order valence-electron chi connectivity index (χ4n) is 1.83. The lowest BCUT2D eigenvalue weighted by molar-refractivity contribution is -0.125. The Morgan fingerprint density at radius 3 is 2.93 bits per heavy atom. The first-order chi connectivity index (χ1) is 7.20. The fourth-order valence-corrected chi connectivity index (χ4v) is 1.83. The predicted molar refractivity (Wildman–Crippen MR) is 61.8 cm³/mol. The first kappa shape index (κ1) is 12.5. The van der Waals surface area contributed by atoms with Gasteiger partial charge in [0.25, 0.3) is 0 Å². The Morgan fingerprint density at radius 2 is 2.33 bits per heavy atom. The molecule has 2 N–H and O–H groups in total. The number of piperidine rings is 1. The fraction of sp³-hybridized carbons (Fsp3) is 0.909. The zero-order valence-corrected chi connectivity index (χ0v) is 9.88. The van der Waals surface area contributed by atoms with Gasteiger partial charge in [0.1, 0.15) is 0 Å². The third kappa shape index (κ3) is 5.14. The van der Waals surface area contributed by atoms with E-state index in [1.807, 2.05) is 14.1 Å². The van der Waals surface area contributed by atoms with E-state index in [1.54, 1.807) is 0 Å². The molecule has 1 saturated heterocycles. The maximum absolute atomic E-state index is 11.7. The van der Waals surface area contributed by atoms with Crippen LogP contribution in [0.3, 0.4) is 0 Å². The number of hydrogen-bond acceptors (Lipinski definition) is 3. The molecule has 0 spiro atoms. The molecule has 0 unspecified atom stereocenters. The molecule has 15 heavy (non-hydrogen) atoms. The van der Waals surface area contributed by atoms with E-state index in [9.17, 15) is 4.79 Å². The third-order valence-electron chi connectivity index (χ3n) is 2.75. The smallest absolute Gasteiger partial charge is 0.224 e. The highest BCUT2D eigenvalue weighted by Crippen LogP contribution is 2.09. The van der Waals surface area contributed by atoms with Crippen LogP contribution in [0, 0.1) is 5.92 Å². The molecule has 1 rings (SSSR count). The molecule has 0 bridgehead atoms. The molecular formula is C11H23N3O. The lowest BCUT2D eigenvalue weighted by Gasteiger charge is -2.22. The average molecular weight is 213 g/mol. The Kier molecular flexibility index (Phi) is 5.65. The molecule has 0 aliphatic carbocycles. The van der Waals surface area contributed by atoms with Crippen molar-refractivity contribution < 1.29 is 4.79 Å². The van der Waals surface area contributed by atoms with Gasteiger partial charge in [-0.1, -0.05) is 0 Å². The minimum absolute atomic E-state index is 0.193. The number of carbonyl (C=O) groups is 1. The zero-order valence-electron chi connectivity index (χ0n) is 9.88. The van der Waals surface area contributed by atoms with Crippen LogP contribution in [0.25, 0.3) is 0 Å². The number of rotatable bonds is 5. The van der Waals surface area contributed by atoms with E-state index in [0.717, 1.165) is 45.4 Å². The molecule has 1 aliphatic heterocycles. The van der Waals surface area contributed by atoms with Gasteiger partial charge in [0.15, 0.2) is 0 Å². The standard InChI is InChI=1S/C11H23N3O/c1-14(2)8-4-7-13-11(15)10-5-3-6-12-9-10/h10,12H,3-9H2,1-2H3,(H,13,15)/t10-/m0/s1. The molecule has 1 atom stereocenters.